The minimum atomic E-state index is -0.521. The lowest BCUT2D eigenvalue weighted by Gasteiger charge is -2.08. The van der Waals surface area contributed by atoms with Crippen molar-refractivity contribution in [3.63, 3.8) is 0 Å². The molecule has 4 aromatic rings. The van der Waals surface area contributed by atoms with Gasteiger partial charge in [0.1, 0.15) is 17.8 Å². The van der Waals surface area contributed by atoms with Crippen molar-refractivity contribution in [2.75, 3.05) is 5.73 Å². The number of anilines is 1. The molecule has 27 heavy (non-hydrogen) atoms. The lowest BCUT2D eigenvalue weighted by Crippen LogP contribution is -1.95. The number of fused-ring (bicyclic) bond motifs is 1. The van der Waals surface area contributed by atoms with Crippen LogP contribution in [0.1, 0.15) is 0 Å². The van der Waals surface area contributed by atoms with Gasteiger partial charge < -0.3 is 15.0 Å². The van der Waals surface area contributed by atoms with Gasteiger partial charge in [-0.2, -0.15) is 0 Å². The zero-order valence-corrected chi connectivity index (χ0v) is 16.9. The van der Waals surface area contributed by atoms with Crippen molar-refractivity contribution in [3.05, 3.63) is 57.4 Å². The predicted octanol–water partition coefficient (Wildman–Crippen LogP) is 4.80. The second-order valence-electron chi connectivity index (χ2n) is 5.74. The smallest absolute Gasteiger partial charge is 0.219 e. The van der Waals surface area contributed by atoms with E-state index in [1.165, 1.54) is 18.6 Å². The van der Waals surface area contributed by atoms with E-state index in [9.17, 15) is 4.39 Å². The topological polar surface area (TPSA) is 78.9 Å². The fourth-order valence-corrected chi connectivity index (χ4v) is 3.71. The third kappa shape index (κ3) is 3.19. The van der Waals surface area contributed by atoms with Crippen LogP contribution in [-0.2, 0) is 7.05 Å². The van der Waals surface area contributed by atoms with Crippen molar-refractivity contribution in [1.29, 1.82) is 0 Å². The number of benzene rings is 1. The minimum absolute atomic E-state index is 0.0630. The summed E-state index contributed by atoms with van der Waals surface area (Å²) < 4.78 is 23.0. The SMILES string of the molecule is Cn1c(I)c(-c2ccc(Oc3ccc(Cl)cn3)c(F)c2)c2c(N)ncnc21. The number of aromatic nitrogens is 4. The summed E-state index contributed by atoms with van der Waals surface area (Å²) in [5.74, 6) is 0.142. The van der Waals surface area contributed by atoms with Gasteiger partial charge in [0, 0.05) is 24.9 Å². The average molecular weight is 496 g/mol. The summed E-state index contributed by atoms with van der Waals surface area (Å²) in [7, 11) is 1.88. The summed E-state index contributed by atoms with van der Waals surface area (Å²) in [5.41, 5.74) is 8.17. The number of rotatable bonds is 3. The molecular formula is C18H12ClFIN5O. The summed E-state index contributed by atoms with van der Waals surface area (Å²) in [6.07, 6.45) is 2.85. The van der Waals surface area contributed by atoms with Crippen LogP contribution in [0, 0.1) is 9.52 Å². The first kappa shape index (κ1) is 17.9. The normalized spacial score (nSPS) is 11.1. The molecule has 3 aromatic heterocycles. The number of nitrogens with zero attached hydrogens (tertiary/aromatic N) is 4. The van der Waals surface area contributed by atoms with Gasteiger partial charge in [-0.25, -0.2) is 19.3 Å². The van der Waals surface area contributed by atoms with Gasteiger partial charge in [-0.15, -0.1) is 0 Å². The maximum absolute atomic E-state index is 14.7. The van der Waals surface area contributed by atoms with E-state index < -0.39 is 5.82 Å². The largest absolute Gasteiger partial charge is 0.436 e. The number of hydrogen-bond donors (Lipinski definition) is 1. The zero-order chi connectivity index (χ0) is 19.1. The van der Waals surface area contributed by atoms with E-state index in [0.717, 1.165) is 9.26 Å². The maximum Gasteiger partial charge on any atom is 0.219 e. The number of hydrogen-bond acceptors (Lipinski definition) is 5. The molecule has 9 heteroatoms. The molecule has 0 aliphatic heterocycles. The van der Waals surface area contributed by atoms with Crippen LogP contribution in [0.4, 0.5) is 10.2 Å². The first-order valence-electron chi connectivity index (χ1n) is 7.79. The van der Waals surface area contributed by atoms with E-state index in [2.05, 4.69) is 37.5 Å². The van der Waals surface area contributed by atoms with Gasteiger partial charge >= 0.3 is 0 Å². The van der Waals surface area contributed by atoms with Crippen molar-refractivity contribution in [2.45, 2.75) is 0 Å². The number of nitrogens with two attached hydrogens (primary N) is 1. The Morgan fingerprint density at radius 2 is 2.00 bits per heavy atom. The molecule has 0 radical (unpaired) electrons. The monoisotopic (exact) mass is 495 g/mol. The molecule has 6 nitrogen and oxygen atoms in total. The van der Waals surface area contributed by atoms with Crippen LogP contribution in [0.2, 0.25) is 5.02 Å². The van der Waals surface area contributed by atoms with E-state index in [-0.39, 0.29) is 11.6 Å². The number of nitrogen functional groups attached to an aromatic ring is 1. The van der Waals surface area contributed by atoms with Crippen LogP contribution in [0.15, 0.2) is 42.9 Å². The highest BCUT2D eigenvalue weighted by Crippen LogP contribution is 2.38. The summed E-state index contributed by atoms with van der Waals surface area (Å²) >= 11 is 7.98. The van der Waals surface area contributed by atoms with Crippen LogP contribution >= 0.6 is 34.2 Å². The Balaban J connectivity index is 1.78. The Bertz CT molecular complexity index is 1160. The number of halogens is 3. The molecule has 0 fully saturated rings. The average Bonchev–Trinajstić information content (AvgIpc) is 2.91. The molecule has 0 spiro atoms. The minimum Gasteiger partial charge on any atom is -0.436 e. The Morgan fingerprint density at radius 1 is 1.19 bits per heavy atom. The second-order valence-corrected chi connectivity index (χ2v) is 7.20. The number of pyridine rings is 1. The fraction of sp³-hybridized carbons (Fsp3) is 0.0556. The summed E-state index contributed by atoms with van der Waals surface area (Å²) in [5, 5.41) is 1.17. The molecule has 0 aliphatic rings. The van der Waals surface area contributed by atoms with E-state index in [1.54, 1.807) is 24.3 Å². The van der Waals surface area contributed by atoms with E-state index in [1.807, 2.05) is 11.6 Å². The van der Waals surface area contributed by atoms with Crippen molar-refractivity contribution >= 4 is 51.0 Å². The van der Waals surface area contributed by atoms with Gasteiger partial charge in [-0.3, -0.25) is 0 Å². The molecule has 0 saturated carbocycles. The maximum atomic E-state index is 14.7. The first-order chi connectivity index (χ1) is 13.0. The van der Waals surface area contributed by atoms with Gasteiger partial charge in [0.05, 0.1) is 14.1 Å². The molecule has 2 N–H and O–H groups in total. The van der Waals surface area contributed by atoms with E-state index >= 15 is 0 Å². The summed E-state index contributed by atoms with van der Waals surface area (Å²) in [4.78, 5) is 12.4. The van der Waals surface area contributed by atoms with Gasteiger partial charge in [0.15, 0.2) is 11.6 Å². The van der Waals surface area contributed by atoms with Gasteiger partial charge in [-0.1, -0.05) is 17.7 Å². The van der Waals surface area contributed by atoms with Crippen LogP contribution in [0.5, 0.6) is 11.6 Å². The molecule has 0 saturated heterocycles. The highest BCUT2D eigenvalue weighted by Gasteiger charge is 2.20. The Kier molecular flexibility index (Phi) is 4.60. The first-order valence-corrected chi connectivity index (χ1v) is 9.25. The van der Waals surface area contributed by atoms with E-state index in [0.29, 0.717) is 27.4 Å². The van der Waals surface area contributed by atoms with Crippen molar-refractivity contribution < 1.29 is 9.13 Å². The highest BCUT2D eigenvalue weighted by atomic mass is 127. The molecule has 0 aliphatic carbocycles. The molecule has 0 bridgehead atoms. The molecule has 136 valence electrons. The predicted molar refractivity (Wildman–Crippen MR) is 110 cm³/mol. The van der Waals surface area contributed by atoms with Crippen LogP contribution < -0.4 is 10.5 Å². The Labute approximate surface area is 172 Å². The van der Waals surface area contributed by atoms with Crippen LogP contribution in [0.3, 0.4) is 0 Å². The fourth-order valence-electron chi connectivity index (χ4n) is 2.79. The third-order valence-electron chi connectivity index (χ3n) is 4.06. The van der Waals surface area contributed by atoms with Crippen molar-refractivity contribution in [2.24, 2.45) is 7.05 Å². The standard InChI is InChI=1S/C18H12ClFIN5O/c1-26-16(21)14(15-17(22)24-8-25-18(15)26)9-2-4-12(11(20)6-9)27-13-5-3-10(19)7-23-13/h2-8H,1H3,(H2,22,24,25). The molecule has 1 aromatic carbocycles. The molecule has 0 unspecified atom stereocenters. The zero-order valence-electron chi connectivity index (χ0n) is 13.9. The Morgan fingerprint density at radius 3 is 2.70 bits per heavy atom. The van der Waals surface area contributed by atoms with Crippen LogP contribution in [-0.4, -0.2) is 19.5 Å². The lowest BCUT2D eigenvalue weighted by molar-refractivity contribution is 0.428. The van der Waals surface area contributed by atoms with Crippen LogP contribution in [0.25, 0.3) is 22.2 Å². The third-order valence-corrected chi connectivity index (χ3v) is 5.55. The Hall–Kier alpha value is -2.46. The molecule has 3 heterocycles. The van der Waals surface area contributed by atoms with E-state index in [4.69, 9.17) is 22.1 Å². The molecule has 0 atom stereocenters. The van der Waals surface area contributed by atoms with Crippen molar-refractivity contribution in [1.82, 2.24) is 19.5 Å². The second kappa shape index (κ2) is 6.93. The quantitative estimate of drug-likeness (QED) is 0.413. The summed E-state index contributed by atoms with van der Waals surface area (Å²) in [6, 6.07) is 7.90. The molecule has 0 amide bonds. The number of ether oxygens (including phenoxy) is 1. The molecular weight excluding hydrogens is 484 g/mol. The summed E-state index contributed by atoms with van der Waals surface area (Å²) in [6.45, 7) is 0. The van der Waals surface area contributed by atoms with Crippen molar-refractivity contribution in [3.8, 4) is 22.8 Å². The van der Waals surface area contributed by atoms with Gasteiger partial charge in [0.25, 0.3) is 0 Å². The highest BCUT2D eigenvalue weighted by molar-refractivity contribution is 14.1. The number of aryl methyl sites for hydroxylation is 1. The van der Waals surface area contributed by atoms with Gasteiger partial charge in [-0.05, 0) is 46.4 Å². The lowest BCUT2D eigenvalue weighted by atomic mass is 10.1. The molecule has 4 rings (SSSR count). The van der Waals surface area contributed by atoms with Gasteiger partial charge in [0.2, 0.25) is 5.88 Å².